The van der Waals surface area contributed by atoms with E-state index in [1.165, 1.54) is 4.68 Å². The van der Waals surface area contributed by atoms with Crippen LogP contribution in [0.5, 0.6) is 0 Å². The van der Waals surface area contributed by atoms with Crippen molar-refractivity contribution in [3.63, 3.8) is 0 Å². The molecule has 0 radical (unpaired) electrons. The standard InChI is InChI=1S/C15H15F4N3O2/c1-14(5-3-2-4-6-14)11-7-9(16)13-20-12(21-22(11)13)10(23)8-24-15(17,18)19/h2-5,9,11H,6-8H2,1H3/t9-,11-,14?/m0/s1. The van der Waals surface area contributed by atoms with Crippen molar-refractivity contribution in [2.45, 2.75) is 38.3 Å². The number of ketones is 1. The molecule has 0 saturated heterocycles. The maximum absolute atomic E-state index is 14.3. The summed E-state index contributed by atoms with van der Waals surface area (Å²) in [5.41, 5.74) is -0.402. The predicted octanol–water partition coefficient (Wildman–Crippen LogP) is 3.48. The fourth-order valence-corrected chi connectivity index (χ4v) is 3.05. The SMILES string of the molecule is CC1([C@@H]2C[C@H](F)c3nc(C(=O)COC(F)(F)F)nn32)C=CC=CC1. The summed E-state index contributed by atoms with van der Waals surface area (Å²) in [4.78, 5) is 15.5. The van der Waals surface area contributed by atoms with E-state index in [1.54, 1.807) is 0 Å². The van der Waals surface area contributed by atoms with E-state index in [1.807, 2.05) is 31.2 Å². The van der Waals surface area contributed by atoms with Crippen LogP contribution in [0, 0.1) is 5.41 Å². The smallest absolute Gasteiger partial charge is 0.288 e. The molecule has 0 spiro atoms. The topological polar surface area (TPSA) is 57.0 Å². The average molecular weight is 345 g/mol. The van der Waals surface area contributed by atoms with Gasteiger partial charge in [-0.25, -0.2) is 14.1 Å². The van der Waals surface area contributed by atoms with Gasteiger partial charge in [0, 0.05) is 11.8 Å². The third-order valence-electron chi connectivity index (χ3n) is 4.32. The Bertz CT molecular complexity index is 710. The van der Waals surface area contributed by atoms with Gasteiger partial charge < -0.3 is 0 Å². The molecule has 1 aliphatic carbocycles. The molecule has 2 aliphatic rings. The minimum Gasteiger partial charge on any atom is -0.288 e. The second-order valence-electron chi connectivity index (χ2n) is 6.11. The van der Waals surface area contributed by atoms with E-state index in [0.717, 1.165) is 0 Å². The molecule has 9 heteroatoms. The normalized spacial score (nSPS) is 29.0. The quantitative estimate of drug-likeness (QED) is 0.619. The summed E-state index contributed by atoms with van der Waals surface area (Å²) in [7, 11) is 0. The molecule has 0 saturated carbocycles. The number of hydrogen-bond acceptors (Lipinski definition) is 4. The lowest BCUT2D eigenvalue weighted by molar-refractivity contribution is -0.319. The Morgan fingerprint density at radius 3 is 2.83 bits per heavy atom. The molecule has 3 atom stereocenters. The molecule has 24 heavy (non-hydrogen) atoms. The first kappa shape index (κ1) is 16.8. The van der Waals surface area contributed by atoms with E-state index in [0.29, 0.717) is 6.42 Å². The third kappa shape index (κ3) is 3.12. The lowest BCUT2D eigenvalue weighted by Crippen LogP contribution is -2.27. The second kappa shape index (κ2) is 5.80. The van der Waals surface area contributed by atoms with Gasteiger partial charge in [0.15, 0.2) is 12.0 Å². The number of Topliss-reactive ketones (excluding diaryl/α,β-unsaturated/α-hetero) is 1. The maximum Gasteiger partial charge on any atom is 0.522 e. The van der Waals surface area contributed by atoms with Gasteiger partial charge in [-0.05, 0) is 6.42 Å². The summed E-state index contributed by atoms with van der Waals surface area (Å²) in [6.45, 7) is 0.712. The van der Waals surface area contributed by atoms with Gasteiger partial charge in [0.25, 0.3) is 0 Å². The summed E-state index contributed by atoms with van der Waals surface area (Å²) >= 11 is 0. The largest absolute Gasteiger partial charge is 0.522 e. The molecule has 0 fully saturated rings. The number of halogens is 4. The Morgan fingerprint density at radius 2 is 2.21 bits per heavy atom. The van der Waals surface area contributed by atoms with Gasteiger partial charge in [0.2, 0.25) is 11.6 Å². The van der Waals surface area contributed by atoms with E-state index >= 15 is 0 Å². The second-order valence-corrected chi connectivity index (χ2v) is 6.11. The van der Waals surface area contributed by atoms with Crippen LogP contribution in [0.1, 0.15) is 48.4 Å². The first-order valence-electron chi connectivity index (χ1n) is 7.38. The van der Waals surface area contributed by atoms with Gasteiger partial charge >= 0.3 is 6.36 Å². The molecule has 1 aromatic heterocycles. The number of nitrogens with zero attached hydrogens (tertiary/aromatic N) is 3. The lowest BCUT2D eigenvalue weighted by atomic mass is 9.76. The Kier molecular flexibility index (Phi) is 4.06. The van der Waals surface area contributed by atoms with Crippen LogP contribution in [0.3, 0.4) is 0 Å². The first-order chi connectivity index (χ1) is 11.2. The molecule has 5 nitrogen and oxygen atoms in total. The van der Waals surface area contributed by atoms with Crippen LogP contribution < -0.4 is 0 Å². The van der Waals surface area contributed by atoms with E-state index in [4.69, 9.17) is 0 Å². The molecule has 0 bridgehead atoms. The van der Waals surface area contributed by atoms with Gasteiger partial charge in [-0.2, -0.15) is 0 Å². The monoisotopic (exact) mass is 345 g/mol. The van der Waals surface area contributed by atoms with Crippen molar-refractivity contribution in [1.82, 2.24) is 14.8 Å². The molecular weight excluding hydrogens is 330 g/mol. The van der Waals surface area contributed by atoms with Crippen LogP contribution in [0.15, 0.2) is 24.3 Å². The molecule has 1 unspecified atom stereocenters. The van der Waals surface area contributed by atoms with Crippen molar-refractivity contribution in [1.29, 1.82) is 0 Å². The maximum atomic E-state index is 14.3. The lowest BCUT2D eigenvalue weighted by Gasteiger charge is -2.33. The van der Waals surface area contributed by atoms with Crippen molar-refractivity contribution in [2.24, 2.45) is 5.41 Å². The molecule has 130 valence electrons. The molecule has 0 aromatic carbocycles. The van der Waals surface area contributed by atoms with E-state index < -0.39 is 36.2 Å². The summed E-state index contributed by atoms with van der Waals surface area (Å²) in [6.07, 6.45) is 2.13. The number of alkyl halides is 4. The van der Waals surface area contributed by atoms with Gasteiger partial charge in [0.05, 0.1) is 6.04 Å². The van der Waals surface area contributed by atoms with Gasteiger partial charge in [-0.15, -0.1) is 18.3 Å². The third-order valence-corrected chi connectivity index (χ3v) is 4.32. The van der Waals surface area contributed by atoms with Gasteiger partial charge in [-0.3, -0.25) is 9.53 Å². The highest BCUT2D eigenvalue weighted by molar-refractivity contribution is 5.93. The number of aromatic nitrogens is 3. The molecule has 2 heterocycles. The van der Waals surface area contributed by atoms with E-state index in [2.05, 4.69) is 14.8 Å². The highest BCUT2D eigenvalue weighted by Crippen LogP contribution is 2.48. The van der Waals surface area contributed by atoms with Crippen LogP contribution >= 0.6 is 0 Å². The predicted molar refractivity (Wildman–Crippen MR) is 74.9 cm³/mol. The van der Waals surface area contributed by atoms with Gasteiger partial charge in [0.1, 0.15) is 6.61 Å². The number of carbonyl (C=O) groups excluding carboxylic acids is 1. The first-order valence-corrected chi connectivity index (χ1v) is 7.38. The minimum absolute atomic E-state index is 0.0282. The number of hydrogen-bond donors (Lipinski definition) is 0. The summed E-state index contributed by atoms with van der Waals surface area (Å²) in [5, 5.41) is 3.95. The Hall–Kier alpha value is -2.03. The van der Waals surface area contributed by atoms with Crippen molar-refractivity contribution in [2.75, 3.05) is 6.61 Å². The number of allylic oxidation sites excluding steroid dienone is 4. The highest BCUT2D eigenvalue weighted by Gasteiger charge is 2.44. The molecule has 1 aliphatic heterocycles. The highest BCUT2D eigenvalue weighted by atomic mass is 19.4. The van der Waals surface area contributed by atoms with Crippen molar-refractivity contribution in [3.05, 3.63) is 36.0 Å². The molecule has 0 N–H and O–H groups in total. The molecule has 1 aromatic rings. The van der Waals surface area contributed by atoms with Gasteiger partial charge in [-0.1, -0.05) is 31.2 Å². The fraction of sp³-hybridized carbons (Fsp3) is 0.533. The number of rotatable bonds is 4. The molecule has 0 amide bonds. The van der Waals surface area contributed by atoms with Crippen LogP contribution in [0.2, 0.25) is 0 Å². The zero-order valence-corrected chi connectivity index (χ0v) is 12.8. The average Bonchev–Trinajstić information content (AvgIpc) is 3.06. The zero-order chi connectivity index (χ0) is 17.5. The number of ether oxygens (including phenoxy) is 1. The zero-order valence-electron chi connectivity index (χ0n) is 12.8. The number of fused-ring (bicyclic) bond motifs is 1. The van der Waals surface area contributed by atoms with Crippen molar-refractivity contribution >= 4 is 5.78 Å². The summed E-state index contributed by atoms with van der Waals surface area (Å²) in [6, 6.07) is -0.360. The summed E-state index contributed by atoms with van der Waals surface area (Å²) in [5.74, 6) is -1.52. The van der Waals surface area contributed by atoms with Crippen LogP contribution in [-0.4, -0.2) is 33.5 Å². The van der Waals surface area contributed by atoms with Crippen LogP contribution in [-0.2, 0) is 4.74 Å². The van der Waals surface area contributed by atoms with E-state index in [9.17, 15) is 22.4 Å². The van der Waals surface area contributed by atoms with Crippen LogP contribution in [0.4, 0.5) is 17.6 Å². The van der Waals surface area contributed by atoms with Crippen molar-refractivity contribution in [3.8, 4) is 0 Å². The van der Waals surface area contributed by atoms with Crippen molar-refractivity contribution < 1.29 is 27.1 Å². The molecular formula is C15H15F4N3O2. The Morgan fingerprint density at radius 1 is 1.46 bits per heavy atom. The minimum atomic E-state index is -4.92. The van der Waals surface area contributed by atoms with Crippen LogP contribution in [0.25, 0.3) is 0 Å². The fourth-order valence-electron chi connectivity index (χ4n) is 3.05. The van der Waals surface area contributed by atoms with E-state index in [-0.39, 0.29) is 18.3 Å². The number of carbonyl (C=O) groups is 1. The molecule has 3 rings (SSSR count). The summed E-state index contributed by atoms with van der Waals surface area (Å²) < 4.78 is 55.1. The Balaban J connectivity index is 1.83. The Labute approximate surface area is 135 Å².